The van der Waals surface area contributed by atoms with Crippen molar-refractivity contribution in [3.8, 4) is 5.75 Å². The first kappa shape index (κ1) is 15.8. The van der Waals surface area contributed by atoms with Gasteiger partial charge in [-0.05, 0) is 37.1 Å². The number of hydrogen-bond acceptors (Lipinski definition) is 4. The number of nitrogens with zero attached hydrogens (tertiary/aromatic N) is 2. The number of nitrogens with one attached hydrogen (secondary N) is 1. The van der Waals surface area contributed by atoms with Crippen molar-refractivity contribution in [1.82, 2.24) is 9.55 Å². The van der Waals surface area contributed by atoms with E-state index in [-0.39, 0.29) is 22.7 Å². The third-order valence-electron chi connectivity index (χ3n) is 3.07. The monoisotopic (exact) mass is 301 g/mol. The van der Waals surface area contributed by atoms with Gasteiger partial charge in [0.25, 0.3) is 11.5 Å². The summed E-state index contributed by atoms with van der Waals surface area (Å²) >= 11 is 0. The van der Waals surface area contributed by atoms with E-state index < -0.39 is 5.91 Å². The quantitative estimate of drug-likeness (QED) is 0.906. The molecule has 0 fully saturated rings. The minimum absolute atomic E-state index is 0.0193. The summed E-state index contributed by atoms with van der Waals surface area (Å²) in [5, 5.41) is 12.2. The molecule has 1 amide bonds. The van der Waals surface area contributed by atoms with E-state index >= 15 is 0 Å². The molecule has 0 saturated carbocycles. The molecule has 0 aliphatic carbocycles. The molecule has 6 nitrogen and oxygen atoms in total. The molecule has 0 unspecified atom stereocenters. The highest BCUT2D eigenvalue weighted by Gasteiger charge is 2.15. The van der Waals surface area contributed by atoms with Gasteiger partial charge < -0.3 is 15.0 Å². The maximum absolute atomic E-state index is 12.3. The van der Waals surface area contributed by atoms with E-state index in [2.05, 4.69) is 10.3 Å². The van der Waals surface area contributed by atoms with Gasteiger partial charge in [0, 0.05) is 18.4 Å². The van der Waals surface area contributed by atoms with Gasteiger partial charge in [-0.1, -0.05) is 13.8 Å². The fourth-order valence-corrected chi connectivity index (χ4v) is 2.06. The zero-order chi connectivity index (χ0) is 16.3. The SMILES string of the molecule is Cc1ccc(O)c(NC(=O)c2cccn(CC(C)C)c2=O)n1. The number of carbonyl (C=O) groups excluding carboxylic acids is 1. The Kier molecular flexibility index (Phi) is 4.60. The number of carbonyl (C=O) groups is 1. The maximum atomic E-state index is 12.3. The largest absolute Gasteiger partial charge is 0.504 e. The van der Waals surface area contributed by atoms with Crippen molar-refractivity contribution in [3.05, 3.63) is 52.1 Å². The van der Waals surface area contributed by atoms with Crippen molar-refractivity contribution in [2.45, 2.75) is 27.3 Å². The molecule has 0 saturated heterocycles. The van der Waals surface area contributed by atoms with Crippen LogP contribution in [0.4, 0.5) is 5.82 Å². The number of pyridine rings is 2. The van der Waals surface area contributed by atoms with Crippen LogP contribution in [0, 0.1) is 12.8 Å². The Bertz CT molecular complexity index is 751. The number of aromatic hydroxyl groups is 1. The Hall–Kier alpha value is -2.63. The summed E-state index contributed by atoms with van der Waals surface area (Å²) in [6, 6.07) is 6.19. The first-order valence-electron chi connectivity index (χ1n) is 7.06. The van der Waals surface area contributed by atoms with Gasteiger partial charge in [0.05, 0.1) is 0 Å². The van der Waals surface area contributed by atoms with Crippen LogP contribution >= 0.6 is 0 Å². The lowest BCUT2D eigenvalue weighted by Crippen LogP contribution is -2.30. The Morgan fingerprint density at radius 1 is 1.36 bits per heavy atom. The van der Waals surface area contributed by atoms with Crippen molar-refractivity contribution in [2.24, 2.45) is 5.92 Å². The van der Waals surface area contributed by atoms with Crippen LogP contribution in [0.15, 0.2) is 35.3 Å². The number of rotatable bonds is 4. The van der Waals surface area contributed by atoms with Crippen LogP contribution in [0.5, 0.6) is 5.75 Å². The van der Waals surface area contributed by atoms with Crippen molar-refractivity contribution in [2.75, 3.05) is 5.32 Å². The average Bonchev–Trinajstić information content (AvgIpc) is 2.44. The second-order valence-corrected chi connectivity index (χ2v) is 5.55. The van der Waals surface area contributed by atoms with Crippen LogP contribution in [0.2, 0.25) is 0 Å². The highest BCUT2D eigenvalue weighted by molar-refractivity contribution is 6.04. The van der Waals surface area contributed by atoms with E-state index in [0.29, 0.717) is 18.2 Å². The summed E-state index contributed by atoms with van der Waals surface area (Å²) in [7, 11) is 0. The third-order valence-corrected chi connectivity index (χ3v) is 3.07. The lowest BCUT2D eigenvalue weighted by molar-refractivity contribution is 0.102. The number of hydrogen-bond donors (Lipinski definition) is 2. The predicted octanol–water partition coefficient (Wildman–Crippen LogP) is 2.17. The van der Waals surface area contributed by atoms with Gasteiger partial charge in [0.15, 0.2) is 11.6 Å². The van der Waals surface area contributed by atoms with Crippen molar-refractivity contribution in [3.63, 3.8) is 0 Å². The second kappa shape index (κ2) is 6.43. The van der Waals surface area contributed by atoms with Crippen molar-refractivity contribution >= 4 is 11.7 Å². The van der Waals surface area contributed by atoms with Crippen LogP contribution in [-0.4, -0.2) is 20.6 Å². The van der Waals surface area contributed by atoms with E-state index in [1.807, 2.05) is 13.8 Å². The van der Waals surface area contributed by atoms with Crippen LogP contribution in [0.3, 0.4) is 0 Å². The standard InChI is InChI=1S/C16H19N3O3/c1-10(2)9-19-8-4-5-12(16(19)22)15(21)18-14-13(20)7-6-11(3)17-14/h4-8,10,20H,9H2,1-3H3,(H,17,18,21). The van der Waals surface area contributed by atoms with E-state index in [1.165, 1.54) is 16.7 Å². The van der Waals surface area contributed by atoms with E-state index in [1.54, 1.807) is 25.3 Å². The molecule has 2 aromatic heterocycles. The van der Waals surface area contributed by atoms with Gasteiger partial charge in [-0.3, -0.25) is 9.59 Å². The predicted molar refractivity (Wildman–Crippen MR) is 84.1 cm³/mol. The third kappa shape index (κ3) is 3.52. The van der Waals surface area contributed by atoms with Crippen molar-refractivity contribution < 1.29 is 9.90 Å². The summed E-state index contributed by atoms with van der Waals surface area (Å²) in [6.07, 6.45) is 1.65. The normalized spacial score (nSPS) is 10.7. The lowest BCUT2D eigenvalue weighted by atomic mass is 10.2. The molecule has 0 radical (unpaired) electrons. The summed E-state index contributed by atoms with van der Waals surface area (Å²) in [5.74, 6) is -0.393. The summed E-state index contributed by atoms with van der Waals surface area (Å²) < 4.78 is 1.50. The molecule has 0 aliphatic heterocycles. The van der Waals surface area contributed by atoms with Crippen LogP contribution in [0.1, 0.15) is 29.9 Å². The fraction of sp³-hybridized carbons (Fsp3) is 0.312. The molecule has 2 N–H and O–H groups in total. The van der Waals surface area contributed by atoms with Gasteiger partial charge >= 0.3 is 0 Å². The van der Waals surface area contributed by atoms with Crippen LogP contribution in [-0.2, 0) is 6.54 Å². The molecule has 2 aromatic rings. The van der Waals surface area contributed by atoms with E-state index in [0.717, 1.165) is 0 Å². The van der Waals surface area contributed by atoms with Gasteiger partial charge in [0.1, 0.15) is 5.56 Å². The zero-order valence-corrected chi connectivity index (χ0v) is 12.8. The topological polar surface area (TPSA) is 84.2 Å². The Morgan fingerprint density at radius 2 is 2.09 bits per heavy atom. The minimum atomic E-state index is -0.587. The molecule has 0 spiro atoms. The highest BCUT2D eigenvalue weighted by Crippen LogP contribution is 2.20. The highest BCUT2D eigenvalue weighted by atomic mass is 16.3. The molecule has 0 bridgehead atoms. The molecule has 0 aromatic carbocycles. The zero-order valence-electron chi connectivity index (χ0n) is 12.8. The molecular formula is C16H19N3O3. The van der Waals surface area contributed by atoms with Gasteiger partial charge in [-0.25, -0.2) is 4.98 Å². The Morgan fingerprint density at radius 3 is 2.77 bits per heavy atom. The molecule has 22 heavy (non-hydrogen) atoms. The smallest absolute Gasteiger partial charge is 0.263 e. The number of aryl methyl sites for hydroxylation is 1. The molecule has 116 valence electrons. The first-order valence-corrected chi connectivity index (χ1v) is 7.06. The van der Waals surface area contributed by atoms with Crippen LogP contribution in [0.25, 0.3) is 0 Å². The number of anilines is 1. The molecule has 0 atom stereocenters. The van der Waals surface area contributed by atoms with Gasteiger partial charge in [0.2, 0.25) is 0 Å². The lowest BCUT2D eigenvalue weighted by Gasteiger charge is -2.11. The first-order chi connectivity index (χ1) is 10.4. The molecule has 2 rings (SSSR count). The van der Waals surface area contributed by atoms with E-state index in [4.69, 9.17) is 0 Å². The van der Waals surface area contributed by atoms with E-state index in [9.17, 15) is 14.7 Å². The van der Waals surface area contributed by atoms with Crippen molar-refractivity contribution in [1.29, 1.82) is 0 Å². The van der Waals surface area contributed by atoms with Gasteiger partial charge in [-0.2, -0.15) is 0 Å². The molecule has 6 heteroatoms. The molecule has 2 heterocycles. The number of amides is 1. The minimum Gasteiger partial charge on any atom is -0.504 e. The number of aromatic nitrogens is 2. The summed E-state index contributed by atoms with van der Waals surface area (Å²) in [6.45, 7) is 6.27. The maximum Gasteiger partial charge on any atom is 0.263 e. The molecule has 0 aliphatic rings. The fourth-order valence-electron chi connectivity index (χ4n) is 2.06. The van der Waals surface area contributed by atoms with Gasteiger partial charge in [-0.15, -0.1) is 0 Å². The Labute approximate surface area is 128 Å². The average molecular weight is 301 g/mol. The Balaban J connectivity index is 2.30. The van der Waals surface area contributed by atoms with Crippen LogP contribution < -0.4 is 10.9 Å². The summed E-state index contributed by atoms with van der Waals surface area (Å²) in [4.78, 5) is 28.6. The molecular weight excluding hydrogens is 282 g/mol. The second-order valence-electron chi connectivity index (χ2n) is 5.55. The summed E-state index contributed by atoms with van der Waals surface area (Å²) in [5.41, 5.74) is 0.310.